The minimum atomic E-state index is -2.64. The van der Waals surface area contributed by atoms with E-state index in [0.29, 0.717) is 13.2 Å². The molecule has 0 spiro atoms. The first-order valence-corrected chi connectivity index (χ1v) is 15.3. The Hall–Kier alpha value is -1.39. The number of aromatic nitrogens is 2. The van der Waals surface area contributed by atoms with Crippen LogP contribution in [0.2, 0.25) is 22.2 Å². The molecule has 2 aromatic heterocycles. The van der Waals surface area contributed by atoms with E-state index in [0.717, 1.165) is 11.1 Å². The highest BCUT2D eigenvalue weighted by Crippen LogP contribution is 2.44. The van der Waals surface area contributed by atoms with Crippen LogP contribution in [-0.2, 0) is 26.2 Å². The van der Waals surface area contributed by atoms with Gasteiger partial charge in [0.15, 0.2) is 0 Å². The summed E-state index contributed by atoms with van der Waals surface area (Å²) >= 11 is 0. The Balaban J connectivity index is 2.38. The Bertz CT molecular complexity index is 689. The van der Waals surface area contributed by atoms with E-state index in [-0.39, 0.29) is 22.2 Å². The Morgan fingerprint density at radius 2 is 1.00 bits per heavy atom. The van der Waals surface area contributed by atoms with Crippen LogP contribution in [0.1, 0.15) is 66.5 Å². The SMILES string of the molecule is CC(C)[Si](OCc1cccnc1)(O[Si](OCc1cccnc1)(C(C)C)C(C)C)C(C)C. The third kappa shape index (κ3) is 6.32. The fraction of sp³-hybridized carbons (Fsp3) is 0.583. The molecule has 0 amide bonds. The Kier molecular flexibility index (Phi) is 9.57. The van der Waals surface area contributed by atoms with Crippen molar-refractivity contribution >= 4 is 17.1 Å². The maximum atomic E-state index is 7.31. The fourth-order valence-corrected chi connectivity index (χ4v) is 15.2. The van der Waals surface area contributed by atoms with E-state index in [1.807, 2.05) is 24.5 Å². The molecule has 0 atom stereocenters. The van der Waals surface area contributed by atoms with E-state index in [4.69, 9.17) is 13.0 Å². The average molecular weight is 461 g/mol. The monoisotopic (exact) mass is 460 g/mol. The fourth-order valence-electron chi connectivity index (χ4n) is 4.14. The second-order valence-corrected chi connectivity index (χ2v) is 18.4. The van der Waals surface area contributed by atoms with E-state index in [9.17, 15) is 0 Å². The van der Waals surface area contributed by atoms with Gasteiger partial charge in [0.25, 0.3) is 0 Å². The summed E-state index contributed by atoms with van der Waals surface area (Å²) in [6, 6.07) is 8.01. The summed E-state index contributed by atoms with van der Waals surface area (Å²) < 4.78 is 20.8. The molecule has 2 rings (SSSR count). The van der Waals surface area contributed by atoms with Gasteiger partial charge in [-0.3, -0.25) is 9.97 Å². The molecule has 0 aliphatic rings. The van der Waals surface area contributed by atoms with Crippen LogP contribution in [0, 0.1) is 0 Å². The van der Waals surface area contributed by atoms with Crippen LogP contribution in [-0.4, -0.2) is 27.1 Å². The van der Waals surface area contributed by atoms with Crippen molar-refractivity contribution in [2.24, 2.45) is 0 Å². The molecule has 2 aromatic rings. The van der Waals surface area contributed by atoms with Gasteiger partial charge in [-0.2, -0.15) is 0 Å². The molecule has 172 valence electrons. The summed E-state index contributed by atoms with van der Waals surface area (Å²) in [4.78, 5) is 8.48. The van der Waals surface area contributed by atoms with Crippen molar-refractivity contribution in [3.05, 3.63) is 60.2 Å². The van der Waals surface area contributed by atoms with E-state index in [1.54, 1.807) is 12.4 Å². The van der Waals surface area contributed by atoms with Crippen LogP contribution in [0.5, 0.6) is 0 Å². The number of nitrogens with zero attached hydrogens (tertiary/aromatic N) is 2. The van der Waals surface area contributed by atoms with Gasteiger partial charge in [0.1, 0.15) is 0 Å². The number of rotatable bonds is 12. The normalized spacial score (nSPS) is 13.0. The third-order valence-electron chi connectivity index (χ3n) is 5.91. The second kappa shape index (κ2) is 11.5. The first-order valence-electron chi connectivity index (χ1n) is 11.4. The first kappa shape index (κ1) is 25.9. The molecular weight excluding hydrogens is 420 g/mol. The first-order chi connectivity index (χ1) is 14.6. The van der Waals surface area contributed by atoms with Crippen molar-refractivity contribution in [3.63, 3.8) is 0 Å². The van der Waals surface area contributed by atoms with Gasteiger partial charge in [-0.1, -0.05) is 67.5 Å². The van der Waals surface area contributed by atoms with E-state index >= 15 is 0 Å². The van der Waals surface area contributed by atoms with Crippen molar-refractivity contribution in [2.45, 2.75) is 90.8 Å². The lowest BCUT2D eigenvalue weighted by Crippen LogP contribution is -2.61. The zero-order valence-electron chi connectivity index (χ0n) is 20.5. The summed E-state index contributed by atoms with van der Waals surface area (Å²) in [5.74, 6) is 0. The molecule has 0 bridgehead atoms. The smallest absolute Gasteiger partial charge is 0.334 e. The van der Waals surface area contributed by atoms with Crippen molar-refractivity contribution in [1.29, 1.82) is 0 Å². The Labute approximate surface area is 191 Å². The van der Waals surface area contributed by atoms with Crippen molar-refractivity contribution in [1.82, 2.24) is 9.97 Å². The zero-order valence-corrected chi connectivity index (χ0v) is 22.5. The molecule has 0 aliphatic heterocycles. The van der Waals surface area contributed by atoms with Crippen LogP contribution in [0.25, 0.3) is 0 Å². The highest BCUT2D eigenvalue weighted by atomic mass is 28.5. The van der Waals surface area contributed by atoms with E-state index in [2.05, 4.69) is 77.5 Å². The standard InChI is InChI=1S/C24H40N2O3Si2/c1-19(2)30(20(3)4,27-17-23-11-9-13-25-15-23)29-31(21(5)6,22(7)8)28-18-24-12-10-14-26-16-24/h9-16,19-22H,17-18H2,1-8H3. The zero-order chi connectivity index (χ0) is 23.1. The number of hydrogen-bond donors (Lipinski definition) is 0. The average Bonchev–Trinajstić information content (AvgIpc) is 2.74. The molecule has 0 aliphatic carbocycles. The third-order valence-corrected chi connectivity index (χ3v) is 16.1. The van der Waals surface area contributed by atoms with Gasteiger partial charge in [-0.15, -0.1) is 0 Å². The highest BCUT2D eigenvalue weighted by Gasteiger charge is 2.56. The molecule has 31 heavy (non-hydrogen) atoms. The summed E-state index contributed by atoms with van der Waals surface area (Å²) in [6.45, 7) is 18.9. The van der Waals surface area contributed by atoms with Gasteiger partial charge >= 0.3 is 17.1 Å². The molecule has 0 N–H and O–H groups in total. The van der Waals surface area contributed by atoms with Gasteiger partial charge in [-0.25, -0.2) is 0 Å². The lowest BCUT2D eigenvalue weighted by atomic mass is 10.3. The van der Waals surface area contributed by atoms with Crippen LogP contribution >= 0.6 is 0 Å². The van der Waals surface area contributed by atoms with Gasteiger partial charge < -0.3 is 13.0 Å². The summed E-state index contributed by atoms with van der Waals surface area (Å²) in [5, 5.41) is 0. The topological polar surface area (TPSA) is 53.5 Å². The number of pyridine rings is 2. The Morgan fingerprint density at radius 1 is 0.645 bits per heavy atom. The highest BCUT2D eigenvalue weighted by molar-refractivity contribution is 6.83. The maximum absolute atomic E-state index is 7.31. The molecule has 0 aromatic carbocycles. The summed E-state index contributed by atoms with van der Waals surface area (Å²) in [5.41, 5.74) is 3.29. The molecule has 0 radical (unpaired) electrons. The van der Waals surface area contributed by atoms with Crippen LogP contribution in [0.3, 0.4) is 0 Å². The minimum Gasteiger partial charge on any atom is -0.414 e. The van der Waals surface area contributed by atoms with Crippen molar-refractivity contribution < 1.29 is 13.0 Å². The van der Waals surface area contributed by atoms with Gasteiger partial charge in [0.2, 0.25) is 0 Å². The Morgan fingerprint density at radius 3 is 1.26 bits per heavy atom. The molecule has 0 saturated carbocycles. The maximum Gasteiger partial charge on any atom is 0.334 e. The molecule has 0 unspecified atom stereocenters. The molecule has 0 saturated heterocycles. The second-order valence-electron chi connectivity index (χ2n) is 9.46. The van der Waals surface area contributed by atoms with Crippen molar-refractivity contribution in [2.75, 3.05) is 0 Å². The minimum absolute atomic E-state index is 0.288. The van der Waals surface area contributed by atoms with Crippen LogP contribution < -0.4 is 0 Å². The predicted molar refractivity (Wildman–Crippen MR) is 131 cm³/mol. The predicted octanol–water partition coefficient (Wildman–Crippen LogP) is 6.75. The quantitative estimate of drug-likeness (QED) is 0.328. The lowest BCUT2D eigenvalue weighted by molar-refractivity contribution is 0.149. The van der Waals surface area contributed by atoms with Gasteiger partial charge in [0, 0.05) is 24.8 Å². The van der Waals surface area contributed by atoms with Gasteiger partial charge in [0.05, 0.1) is 13.2 Å². The number of hydrogen-bond acceptors (Lipinski definition) is 5. The van der Waals surface area contributed by atoms with E-state index in [1.165, 1.54) is 0 Å². The lowest BCUT2D eigenvalue weighted by Gasteiger charge is -2.48. The molecule has 5 nitrogen and oxygen atoms in total. The van der Waals surface area contributed by atoms with Crippen LogP contribution in [0.15, 0.2) is 49.1 Å². The summed E-state index contributed by atoms with van der Waals surface area (Å²) in [7, 11) is -5.28. The van der Waals surface area contributed by atoms with Crippen LogP contribution in [0.4, 0.5) is 0 Å². The molecule has 7 heteroatoms. The summed E-state index contributed by atoms with van der Waals surface area (Å²) in [6.07, 6.45) is 7.32. The van der Waals surface area contributed by atoms with Gasteiger partial charge in [-0.05, 0) is 45.4 Å². The molecule has 2 heterocycles. The molecule has 0 fully saturated rings. The molecular formula is C24H40N2O3Si2. The van der Waals surface area contributed by atoms with E-state index < -0.39 is 17.1 Å². The van der Waals surface area contributed by atoms with Crippen molar-refractivity contribution in [3.8, 4) is 0 Å². The largest absolute Gasteiger partial charge is 0.414 e.